The topological polar surface area (TPSA) is 17.1 Å². The Labute approximate surface area is 127 Å². The molecule has 4 rings (SSSR count). The van der Waals surface area contributed by atoms with Crippen LogP contribution in [0.4, 0.5) is 0 Å². The minimum absolute atomic E-state index is 0.167. The van der Waals surface area contributed by atoms with Crippen molar-refractivity contribution in [2.75, 3.05) is 0 Å². The highest BCUT2D eigenvalue weighted by molar-refractivity contribution is 8.12. The number of hydrogen-bond acceptors (Lipinski definition) is 2. The van der Waals surface area contributed by atoms with Crippen molar-refractivity contribution in [3.8, 4) is 0 Å². The van der Waals surface area contributed by atoms with Crippen LogP contribution in [0.1, 0.15) is 12.5 Å². The molecule has 0 fully saturated rings. The van der Waals surface area contributed by atoms with E-state index >= 15 is 0 Å². The zero-order valence-corrected chi connectivity index (χ0v) is 12.5. The van der Waals surface area contributed by atoms with Crippen LogP contribution in [0.15, 0.2) is 54.6 Å². The zero-order valence-electron chi connectivity index (χ0n) is 11.7. The Bertz CT molecular complexity index is 955. The van der Waals surface area contributed by atoms with Gasteiger partial charge >= 0.3 is 0 Å². The van der Waals surface area contributed by atoms with Gasteiger partial charge in [-0.2, -0.15) is 0 Å². The molecular formula is C19H14OS. The van der Waals surface area contributed by atoms with Crippen LogP contribution in [0, 0.1) is 0 Å². The fourth-order valence-electron chi connectivity index (χ4n) is 3.10. The van der Waals surface area contributed by atoms with E-state index in [0.717, 1.165) is 5.75 Å². The highest BCUT2D eigenvalue weighted by Crippen LogP contribution is 2.36. The Hall–Kier alpha value is -2.06. The Morgan fingerprint density at radius 1 is 0.857 bits per heavy atom. The molecule has 0 aliphatic rings. The molecule has 102 valence electrons. The lowest BCUT2D eigenvalue weighted by molar-refractivity contribution is -0.109. The first kappa shape index (κ1) is 12.7. The summed E-state index contributed by atoms with van der Waals surface area (Å²) in [5.41, 5.74) is 1.24. The Balaban J connectivity index is 2.08. The number of benzene rings is 4. The smallest absolute Gasteiger partial charge is 0.186 e. The maximum atomic E-state index is 11.2. The van der Waals surface area contributed by atoms with Gasteiger partial charge < -0.3 is 0 Å². The minimum Gasteiger partial charge on any atom is -0.288 e. The fraction of sp³-hybridized carbons (Fsp3) is 0.105. The number of carbonyl (C=O) groups excluding carboxylic acids is 1. The van der Waals surface area contributed by atoms with Gasteiger partial charge in [-0.1, -0.05) is 66.4 Å². The summed E-state index contributed by atoms with van der Waals surface area (Å²) in [5, 5.41) is 7.93. The van der Waals surface area contributed by atoms with Gasteiger partial charge in [-0.15, -0.1) is 0 Å². The van der Waals surface area contributed by atoms with Crippen molar-refractivity contribution in [2.45, 2.75) is 12.7 Å². The van der Waals surface area contributed by atoms with E-state index in [-0.39, 0.29) is 5.12 Å². The van der Waals surface area contributed by atoms with Crippen LogP contribution >= 0.6 is 11.8 Å². The first-order chi connectivity index (χ1) is 10.2. The van der Waals surface area contributed by atoms with E-state index in [1.165, 1.54) is 49.6 Å². The summed E-state index contributed by atoms with van der Waals surface area (Å²) in [6, 6.07) is 19.5. The summed E-state index contributed by atoms with van der Waals surface area (Å²) in [4.78, 5) is 11.2. The summed E-state index contributed by atoms with van der Waals surface area (Å²) in [6.07, 6.45) is 0. The van der Waals surface area contributed by atoms with Gasteiger partial charge in [0.05, 0.1) is 0 Å². The summed E-state index contributed by atoms with van der Waals surface area (Å²) in [5.74, 6) is 0.740. The molecule has 0 unspecified atom stereocenters. The van der Waals surface area contributed by atoms with Gasteiger partial charge in [-0.05, 0) is 37.9 Å². The molecule has 4 aromatic carbocycles. The number of thioether (sulfide) groups is 1. The lowest BCUT2D eigenvalue weighted by Gasteiger charge is -2.13. The molecule has 0 N–H and O–H groups in total. The van der Waals surface area contributed by atoms with E-state index in [1.54, 1.807) is 6.92 Å². The van der Waals surface area contributed by atoms with E-state index in [4.69, 9.17) is 0 Å². The highest BCUT2D eigenvalue weighted by Gasteiger charge is 2.10. The minimum atomic E-state index is 0.167. The molecule has 0 spiro atoms. The molecule has 0 aromatic heterocycles. The van der Waals surface area contributed by atoms with Gasteiger partial charge in [0.25, 0.3) is 0 Å². The normalized spacial score (nSPS) is 11.7. The maximum Gasteiger partial charge on any atom is 0.186 e. The van der Waals surface area contributed by atoms with Gasteiger partial charge in [0, 0.05) is 12.7 Å². The molecule has 0 radical (unpaired) electrons. The molecule has 4 aromatic rings. The van der Waals surface area contributed by atoms with Gasteiger partial charge in [-0.3, -0.25) is 4.79 Å². The number of hydrogen-bond donors (Lipinski definition) is 0. The Kier molecular flexibility index (Phi) is 2.86. The molecule has 0 heterocycles. The van der Waals surface area contributed by atoms with E-state index in [0.29, 0.717) is 0 Å². The van der Waals surface area contributed by atoms with Crippen molar-refractivity contribution < 1.29 is 4.79 Å². The van der Waals surface area contributed by atoms with Crippen LogP contribution in [0.25, 0.3) is 32.3 Å². The van der Waals surface area contributed by atoms with Crippen molar-refractivity contribution in [2.24, 2.45) is 0 Å². The van der Waals surface area contributed by atoms with Gasteiger partial charge in [-0.25, -0.2) is 0 Å². The monoisotopic (exact) mass is 290 g/mol. The predicted molar refractivity (Wildman–Crippen MR) is 92.1 cm³/mol. The molecule has 0 saturated heterocycles. The first-order valence-corrected chi connectivity index (χ1v) is 8.01. The third kappa shape index (κ3) is 1.98. The molecule has 21 heavy (non-hydrogen) atoms. The van der Waals surface area contributed by atoms with Crippen molar-refractivity contribution in [3.63, 3.8) is 0 Å². The van der Waals surface area contributed by atoms with Crippen LogP contribution in [0.3, 0.4) is 0 Å². The first-order valence-electron chi connectivity index (χ1n) is 7.03. The molecule has 2 heteroatoms. The zero-order chi connectivity index (χ0) is 14.4. The molecule has 0 saturated carbocycles. The lowest BCUT2D eigenvalue weighted by atomic mass is 9.92. The molecule has 0 aliphatic heterocycles. The Morgan fingerprint density at radius 3 is 2.19 bits per heavy atom. The van der Waals surface area contributed by atoms with Crippen molar-refractivity contribution in [3.05, 3.63) is 60.2 Å². The van der Waals surface area contributed by atoms with Crippen LogP contribution in [0.5, 0.6) is 0 Å². The van der Waals surface area contributed by atoms with Crippen molar-refractivity contribution >= 4 is 49.2 Å². The van der Waals surface area contributed by atoms with Gasteiger partial charge in [0.1, 0.15) is 0 Å². The molecule has 0 amide bonds. The summed E-state index contributed by atoms with van der Waals surface area (Å²) in [6.45, 7) is 1.63. The van der Waals surface area contributed by atoms with Crippen molar-refractivity contribution in [1.82, 2.24) is 0 Å². The maximum absolute atomic E-state index is 11.2. The SMILES string of the molecule is CC(=O)SCc1ccc2ccc3cccc4ccc1c2c34. The second-order valence-electron chi connectivity index (χ2n) is 5.36. The van der Waals surface area contributed by atoms with Crippen molar-refractivity contribution in [1.29, 1.82) is 0 Å². The molecule has 1 nitrogen and oxygen atoms in total. The van der Waals surface area contributed by atoms with E-state index in [9.17, 15) is 4.79 Å². The fourth-order valence-corrected chi connectivity index (χ4v) is 3.71. The summed E-state index contributed by atoms with van der Waals surface area (Å²) < 4.78 is 0. The van der Waals surface area contributed by atoms with Crippen LogP contribution in [-0.4, -0.2) is 5.12 Å². The predicted octanol–water partition coefficient (Wildman–Crippen LogP) is 5.36. The number of carbonyl (C=O) groups is 1. The molecule has 0 bridgehead atoms. The van der Waals surface area contributed by atoms with E-state index < -0.39 is 0 Å². The average Bonchev–Trinajstić information content (AvgIpc) is 2.51. The average molecular weight is 290 g/mol. The Morgan fingerprint density at radius 2 is 1.48 bits per heavy atom. The largest absolute Gasteiger partial charge is 0.288 e. The second-order valence-corrected chi connectivity index (χ2v) is 6.51. The van der Waals surface area contributed by atoms with E-state index in [2.05, 4.69) is 54.6 Å². The number of rotatable bonds is 2. The van der Waals surface area contributed by atoms with E-state index in [1.807, 2.05) is 0 Å². The lowest BCUT2D eigenvalue weighted by Crippen LogP contribution is -1.90. The second kappa shape index (κ2) is 4.74. The molecule has 0 aliphatic carbocycles. The molecular weight excluding hydrogens is 276 g/mol. The standard InChI is InChI=1S/C19H14OS/c1-12(20)21-11-16-8-7-15-6-5-13-3-2-4-14-9-10-17(16)19(15)18(13)14/h2-10H,11H2,1H3. The third-order valence-corrected chi connectivity index (χ3v) is 4.91. The van der Waals surface area contributed by atoms with Crippen LogP contribution in [0.2, 0.25) is 0 Å². The third-order valence-electron chi connectivity index (χ3n) is 4.05. The van der Waals surface area contributed by atoms with Crippen LogP contribution < -0.4 is 0 Å². The van der Waals surface area contributed by atoms with Gasteiger partial charge in [0.15, 0.2) is 5.12 Å². The van der Waals surface area contributed by atoms with Crippen LogP contribution in [-0.2, 0) is 10.5 Å². The molecule has 0 atom stereocenters. The summed E-state index contributed by atoms with van der Waals surface area (Å²) >= 11 is 1.38. The quantitative estimate of drug-likeness (QED) is 0.462. The highest BCUT2D eigenvalue weighted by atomic mass is 32.2. The van der Waals surface area contributed by atoms with Gasteiger partial charge in [0.2, 0.25) is 0 Å². The summed E-state index contributed by atoms with van der Waals surface area (Å²) in [7, 11) is 0.